The highest BCUT2D eigenvalue weighted by Gasteiger charge is 2.38. The summed E-state index contributed by atoms with van der Waals surface area (Å²) in [4.78, 5) is 25.8. The zero-order valence-corrected chi connectivity index (χ0v) is 13.0. The maximum absolute atomic E-state index is 12.3. The molecule has 6 heteroatoms. The summed E-state index contributed by atoms with van der Waals surface area (Å²) in [6.45, 7) is 3.63. The first-order chi connectivity index (χ1) is 10.4. The number of aliphatic hydroxyl groups excluding tert-OH is 1. The van der Waals surface area contributed by atoms with Crippen LogP contribution in [0.3, 0.4) is 0 Å². The van der Waals surface area contributed by atoms with E-state index in [1.165, 1.54) is 25.2 Å². The summed E-state index contributed by atoms with van der Waals surface area (Å²) in [5.74, 6) is -0.264. The van der Waals surface area contributed by atoms with E-state index in [4.69, 9.17) is 9.47 Å². The third kappa shape index (κ3) is 2.64. The largest absolute Gasteiger partial charge is 0.506 e. The van der Waals surface area contributed by atoms with Crippen LogP contribution in [0.2, 0.25) is 0 Å². The molecule has 0 aromatic heterocycles. The molecular weight excluding hydrogens is 286 g/mol. The lowest BCUT2D eigenvalue weighted by Crippen LogP contribution is -2.32. The second-order valence-electron chi connectivity index (χ2n) is 5.24. The van der Waals surface area contributed by atoms with Crippen molar-refractivity contribution in [3.63, 3.8) is 0 Å². The molecule has 1 saturated heterocycles. The van der Waals surface area contributed by atoms with E-state index in [2.05, 4.69) is 0 Å². The van der Waals surface area contributed by atoms with Crippen LogP contribution in [0.5, 0.6) is 11.5 Å². The Labute approximate surface area is 128 Å². The molecule has 1 aromatic carbocycles. The van der Waals surface area contributed by atoms with E-state index in [0.29, 0.717) is 17.1 Å². The standard InChI is InChI=1S/C16H19NO5/c1-9(2)17-8-11(18)14(16(17)20)15(19)10-5-6-12(21-3)13(7-10)22-4/h5-7,9,19H,8H2,1-4H3/b15-14-. The first kappa shape index (κ1) is 15.9. The van der Waals surface area contributed by atoms with Crippen LogP contribution in [0.1, 0.15) is 19.4 Å². The number of Topliss-reactive ketones (excluding diaryl/α,β-unsaturated/α-hetero) is 1. The van der Waals surface area contributed by atoms with Gasteiger partial charge in [0.25, 0.3) is 5.91 Å². The Morgan fingerprint density at radius 3 is 2.32 bits per heavy atom. The van der Waals surface area contributed by atoms with Gasteiger partial charge < -0.3 is 19.5 Å². The molecule has 0 unspecified atom stereocenters. The second-order valence-corrected chi connectivity index (χ2v) is 5.24. The average molecular weight is 305 g/mol. The first-order valence-electron chi connectivity index (χ1n) is 6.90. The molecule has 0 radical (unpaired) electrons. The van der Waals surface area contributed by atoms with Crippen molar-refractivity contribution in [3.05, 3.63) is 29.3 Å². The van der Waals surface area contributed by atoms with E-state index in [-0.39, 0.29) is 29.7 Å². The van der Waals surface area contributed by atoms with Crippen LogP contribution >= 0.6 is 0 Å². The van der Waals surface area contributed by atoms with E-state index >= 15 is 0 Å². The minimum Gasteiger partial charge on any atom is -0.506 e. The number of carbonyl (C=O) groups excluding carboxylic acids is 2. The molecule has 0 saturated carbocycles. The van der Waals surface area contributed by atoms with Gasteiger partial charge in [0.15, 0.2) is 17.3 Å². The van der Waals surface area contributed by atoms with E-state index in [1.54, 1.807) is 12.1 Å². The van der Waals surface area contributed by atoms with Crippen molar-refractivity contribution in [2.45, 2.75) is 19.9 Å². The van der Waals surface area contributed by atoms with Gasteiger partial charge >= 0.3 is 0 Å². The lowest BCUT2D eigenvalue weighted by Gasteiger charge is -2.18. The van der Waals surface area contributed by atoms with Crippen LogP contribution in [0, 0.1) is 0 Å². The van der Waals surface area contributed by atoms with Crippen LogP contribution in [-0.2, 0) is 9.59 Å². The number of benzene rings is 1. The SMILES string of the molecule is COc1ccc(/C(O)=C2\C(=O)CN(C(C)C)C2=O)cc1OC. The van der Waals surface area contributed by atoms with E-state index in [9.17, 15) is 14.7 Å². The summed E-state index contributed by atoms with van der Waals surface area (Å²) < 4.78 is 10.3. The smallest absolute Gasteiger partial charge is 0.262 e. The molecule has 0 aliphatic carbocycles. The number of aliphatic hydroxyl groups is 1. The molecular formula is C16H19NO5. The number of nitrogens with zero attached hydrogens (tertiary/aromatic N) is 1. The van der Waals surface area contributed by atoms with Gasteiger partial charge in [0.05, 0.1) is 20.8 Å². The van der Waals surface area contributed by atoms with Gasteiger partial charge in [-0.2, -0.15) is 0 Å². The number of carbonyl (C=O) groups is 2. The molecule has 0 bridgehead atoms. The Balaban J connectivity index is 2.48. The molecule has 1 N–H and O–H groups in total. The van der Waals surface area contributed by atoms with Crippen molar-refractivity contribution < 1.29 is 24.2 Å². The van der Waals surface area contributed by atoms with Crippen molar-refractivity contribution in [3.8, 4) is 11.5 Å². The third-order valence-corrected chi connectivity index (χ3v) is 3.58. The van der Waals surface area contributed by atoms with Crippen LogP contribution in [-0.4, -0.2) is 48.5 Å². The second kappa shape index (κ2) is 6.09. The van der Waals surface area contributed by atoms with Crippen molar-refractivity contribution in [1.82, 2.24) is 4.90 Å². The van der Waals surface area contributed by atoms with E-state index in [1.807, 2.05) is 13.8 Å². The summed E-state index contributed by atoms with van der Waals surface area (Å²) in [7, 11) is 2.97. The molecule has 0 spiro atoms. The minimum absolute atomic E-state index is 0.0107. The predicted octanol–water partition coefficient (Wildman–Crippen LogP) is 1.79. The fraction of sp³-hybridized carbons (Fsp3) is 0.375. The highest BCUT2D eigenvalue weighted by atomic mass is 16.5. The molecule has 1 aliphatic heterocycles. The molecule has 22 heavy (non-hydrogen) atoms. The van der Waals surface area contributed by atoms with Gasteiger partial charge in [0.1, 0.15) is 11.3 Å². The van der Waals surface area contributed by atoms with E-state index < -0.39 is 5.91 Å². The Hall–Kier alpha value is -2.50. The summed E-state index contributed by atoms with van der Waals surface area (Å²) in [5.41, 5.74) is 0.154. The molecule has 1 fully saturated rings. The first-order valence-corrected chi connectivity index (χ1v) is 6.90. The van der Waals surface area contributed by atoms with Crippen LogP contribution in [0.25, 0.3) is 5.76 Å². The molecule has 1 aromatic rings. The molecule has 118 valence electrons. The predicted molar refractivity (Wildman–Crippen MR) is 81.0 cm³/mol. The fourth-order valence-electron chi connectivity index (χ4n) is 2.35. The number of methoxy groups -OCH3 is 2. The molecule has 1 heterocycles. The molecule has 1 aliphatic rings. The Kier molecular flexibility index (Phi) is 4.40. The number of ether oxygens (including phenoxy) is 2. The quantitative estimate of drug-likeness (QED) is 0.521. The van der Waals surface area contributed by atoms with Gasteiger partial charge in [-0.3, -0.25) is 9.59 Å². The molecule has 1 amide bonds. The lowest BCUT2D eigenvalue weighted by atomic mass is 10.1. The third-order valence-electron chi connectivity index (χ3n) is 3.58. The topological polar surface area (TPSA) is 76.1 Å². The molecule has 2 rings (SSSR count). The molecule has 6 nitrogen and oxygen atoms in total. The zero-order chi connectivity index (χ0) is 16.4. The number of ketones is 1. The maximum atomic E-state index is 12.3. The van der Waals surface area contributed by atoms with Crippen molar-refractivity contribution in [2.24, 2.45) is 0 Å². The van der Waals surface area contributed by atoms with Gasteiger partial charge in [0.2, 0.25) is 0 Å². The fourth-order valence-corrected chi connectivity index (χ4v) is 2.35. The Bertz CT molecular complexity index is 648. The van der Waals surface area contributed by atoms with Crippen molar-refractivity contribution >= 4 is 17.4 Å². The maximum Gasteiger partial charge on any atom is 0.262 e. The normalized spacial score (nSPS) is 17.2. The van der Waals surface area contributed by atoms with Crippen molar-refractivity contribution in [2.75, 3.05) is 20.8 Å². The lowest BCUT2D eigenvalue weighted by molar-refractivity contribution is -0.126. The highest BCUT2D eigenvalue weighted by molar-refractivity contribution is 6.28. The highest BCUT2D eigenvalue weighted by Crippen LogP contribution is 2.32. The Morgan fingerprint density at radius 1 is 1.18 bits per heavy atom. The van der Waals surface area contributed by atoms with Gasteiger partial charge in [-0.05, 0) is 32.0 Å². The van der Waals surface area contributed by atoms with Gasteiger partial charge in [0, 0.05) is 11.6 Å². The van der Waals surface area contributed by atoms with Crippen LogP contribution in [0.4, 0.5) is 0 Å². The average Bonchev–Trinajstić information content (AvgIpc) is 2.80. The number of likely N-dealkylation sites (tertiary alicyclic amines) is 1. The summed E-state index contributed by atoms with van der Waals surface area (Å²) in [6, 6.07) is 4.60. The minimum atomic E-state index is -0.452. The number of hydrogen-bond donors (Lipinski definition) is 1. The number of rotatable bonds is 4. The monoisotopic (exact) mass is 305 g/mol. The van der Waals surface area contributed by atoms with E-state index in [0.717, 1.165) is 0 Å². The molecule has 0 atom stereocenters. The number of amides is 1. The van der Waals surface area contributed by atoms with Gasteiger partial charge in [-0.1, -0.05) is 0 Å². The summed E-state index contributed by atoms with van der Waals surface area (Å²) >= 11 is 0. The van der Waals surface area contributed by atoms with Gasteiger partial charge in [-0.25, -0.2) is 0 Å². The number of hydrogen-bond acceptors (Lipinski definition) is 5. The summed E-state index contributed by atoms with van der Waals surface area (Å²) in [6.07, 6.45) is 0. The van der Waals surface area contributed by atoms with Gasteiger partial charge in [-0.15, -0.1) is 0 Å². The Morgan fingerprint density at radius 2 is 1.82 bits per heavy atom. The zero-order valence-electron chi connectivity index (χ0n) is 13.0. The van der Waals surface area contributed by atoms with Crippen molar-refractivity contribution in [1.29, 1.82) is 0 Å². The van der Waals surface area contributed by atoms with Crippen LogP contribution < -0.4 is 9.47 Å². The van der Waals surface area contributed by atoms with Crippen LogP contribution in [0.15, 0.2) is 23.8 Å². The summed E-state index contributed by atoms with van der Waals surface area (Å²) in [5, 5.41) is 10.4.